The van der Waals surface area contributed by atoms with E-state index in [0.717, 1.165) is 11.3 Å². The van der Waals surface area contributed by atoms with Crippen molar-refractivity contribution in [1.29, 1.82) is 0 Å². The minimum absolute atomic E-state index is 0.00629. The number of hydrogen-bond acceptors (Lipinski definition) is 5. The fraction of sp³-hybridized carbons (Fsp3) is 0.133. The summed E-state index contributed by atoms with van der Waals surface area (Å²) in [6, 6.07) is 12.0. The van der Waals surface area contributed by atoms with Crippen LogP contribution in [0.2, 0.25) is 0 Å². The van der Waals surface area contributed by atoms with Gasteiger partial charge in [-0.05, 0) is 23.8 Å². The first kappa shape index (κ1) is 13.1. The molecular weight excluding hydrogens is 272 g/mol. The minimum Gasteiger partial charge on any atom is -0.497 e. The molecule has 6 nitrogen and oxygen atoms in total. The summed E-state index contributed by atoms with van der Waals surface area (Å²) in [4.78, 5) is 14.6. The van der Waals surface area contributed by atoms with Crippen LogP contribution in [0.3, 0.4) is 0 Å². The van der Waals surface area contributed by atoms with Gasteiger partial charge in [-0.3, -0.25) is 10.1 Å². The molecule has 0 N–H and O–H groups in total. The molecule has 6 heteroatoms. The van der Waals surface area contributed by atoms with E-state index in [1.807, 2.05) is 24.3 Å². The molecule has 1 heterocycles. The number of benzene rings is 2. The Labute approximate surface area is 120 Å². The van der Waals surface area contributed by atoms with Crippen LogP contribution in [0.25, 0.3) is 11.1 Å². The molecule has 0 amide bonds. The van der Waals surface area contributed by atoms with Crippen LogP contribution >= 0.6 is 0 Å². The lowest BCUT2D eigenvalue weighted by Crippen LogP contribution is -1.89. The number of oxazole rings is 1. The first-order valence-electron chi connectivity index (χ1n) is 6.32. The van der Waals surface area contributed by atoms with E-state index in [4.69, 9.17) is 9.15 Å². The van der Waals surface area contributed by atoms with Gasteiger partial charge in [-0.15, -0.1) is 0 Å². The van der Waals surface area contributed by atoms with Crippen molar-refractivity contribution >= 4 is 16.8 Å². The van der Waals surface area contributed by atoms with Crippen molar-refractivity contribution < 1.29 is 14.1 Å². The van der Waals surface area contributed by atoms with E-state index in [1.165, 1.54) is 12.1 Å². The quantitative estimate of drug-likeness (QED) is 0.542. The van der Waals surface area contributed by atoms with Gasteiger partial charge in [-0.25, -0.2) is 4.98 Å². The van der Waals surface area contributed by atoms with Gasteiger partial charge in [0.1, 0.15) is 11.3 Å². The van der Waals surface area contributed by atoms with Gasteiger partial charge in [-0.2, -0.15) is 0 Å². The third-order valence-corrected chi connectivity index (χ3v) is 3.14. The predicted octanol–water partition coefficient (Wildman–Crippen LogP) is 3.34. The van der Waals surface area contributed by atoms with Crippen LogP contribution in [0.5, 0.6) is 5.75 Å². The van der Waals surface area contributed by atoms with Gasteiger partial charge >= 0.3 is 0 Å². The van der Waals surface area contributed by atoms with E-state index in [9.17, 15) is 10.1 Å². The Morgan fingerprint density at radius 2 is 2.00 bits per heavy atom. The summed E-state index contributed by atoms with van der Waals surface area (Å²) in [5.41, 5.74) is 2.07. The van der Waals surface area contributed by atoms with Gasteiger partial charge in [0, 0.05) is 18.6 Å². The van der Waals surface area contributed by atoms with Crippen LogP contribution < -0.4 is 4.74 Å². The van der Waals surface area contributed by atoms with E-state index in [2.05, 4.69) is 4.98 Å². The molecule has 0 spiro atoms. The van der Waals surface area contributed by atoms with Gasteiger partial charge in [0.15, 0.2) is 11.5 Å². The zero-order valence-corrected chi connectivity index (χ0v) is 11.3. The van der Waals surface area contributed by atoms with Crippen LogP contribution in [0.1, 0.15) is 11.5 Å². The zero-order chi connectivity index (χ0) is 14.8. The third kappa shape index (κ3) is 2.69. The Hall–Kier alpha value is -2.89. The zero-order valence-electron chi connectivity index (χ0n) is 11.3. The molecule has 21 heavy (non-hydrogen) atoms. The highest BCUT2D eigenvalue weighted by atomic mass is 16.6. The largest absolute Gasteiger partial charge is 0.497 e. The number of methoxy groups -OCH3 is 1. The van der Waals surface area contributed by atoms with Gasteiger partial charge < -0.3 is 9.15 Å². The predicted molar refractivity (Wildman–Crippen MR) is 76.5 cm³/mol. The van der Waals surface area contributed by atoms with Gasteiger partial charge in [0.05, 0.1) is 12.0 Å². The summed E-state index contributed by atoms with van der Waals surface area (Å²) in [5, 5.41) is 10.7. The molecule has 0 saturated heterocycles. The third-order valence-electron chi connectivity index (χ3n) is 3.14. The van der Waals surface area contributed by atoms with E-state index < -0.39 is 4.92 Å². The lowest BCUT2D eigenvalue weighted by atomic mass is 10.1. The molecule has 0 fully saturated rings. The van der Waals surface area contributed by atoms with Crippen LogP contribution in [0, 0.1) is 10.1 Å². The fourth-order valence-corrected chi connectivity index (χ4v) is 2.07. The van der Waals surface area contributed by atoms with E-state index >= 15 is 0 Å². The van der Waals surface area contributed by atoms with Crippen LogP contribution in [-0.4, -0.2) is 17.0 Å². The summed E-state index contributed by atoms with van der Waals surface area (Å²) < 4.78 is 10.7. The van der Waals surface area contributed by atoms with Crippen LogP contribution in [0.15, 0.2) is 46.9 Å². The standard InChI is InChI=1S/C15H12N2O4/c1-20-12-5-2-10(3-6-12)8-15-16-13-9-11(17(18)19)4-7-14(13)21-15/h2-7,9H,8H2,1H3. The Morgan fingerprint density at radius 1 is 1.24 bits per heavy atom. The molecule has 0 aliphatic rings. The maximum Gasteiger partial charge on any atom is 0.271 e. The highest BCUT2D eigenvalue weighted by Gasteiger charge is 2.11. The van der Waals surface area contributed by atoms with Gasteiger partial charge in [-0.1, -0.05) is 12.1 Å². The number of aromatic nitrogens is 1. The van der Waals surface area contributed by atoms with Crippen LogP contribution in [0.4, 0.5) is 5.69 Å². The first-order chi connectivity index (χ1) is 10.2. The molecule has 1 aromatic heterocycles. The molecule has 0 unspecified atom stereocenters. The lowest BCUT2D eigenvalue weighted by Gasteiger charge is -2.00. The average Bonchev–Trinajstić information content (AvgIpc) is 2.89. The summed E-state index contributed by atoms with van der Waals surface area (Å²) >= 11 is 0. The smallest absolute Gasteiger partial charge is 0.271 e. The van der Waals surface area contributed by atoms with Crippen molar-refractivity contribution in [3.63, 3.8) is 0 Å². The Balaban J connectivity index is 1.88. The molecule has 3 aromatic rings. The van der Waals surface area contributed by atoms with E-state index in [0.29, 0.717) is 23.4 Å². The number of fused-ring (bicyclic) bond motifs is 1. The summed E-state index contributed by atoms with van der Waals surface area (Å²) in [5.74, 6) is 1.31. The SMILES string of the molecule is COc1ccc(Cc2nc3cc([N+](=O)[O-])ccc3o2)cc1. The minimum atomic E-state index is -0.447. The maximum absolute atomic E-state index is 10.7. The summed E-state index contributed by atoms with van der Waals surface area (Å²) in [6.07, 6.45) is 0.520. The normalized spacial score (nSPS) is 10.7. The topological polar surface area (TPSA) is 78.4 Å². The number of hydrogen-bond donors (Lipinski definition) is 0. The van der Waals surface area contributed by atoms with Crippen molar-refractivity contribution in [2.24, 2.45) is 0 Å². The molecule has 106 valence electrons. The van der Waals surface area contributed by atoms with E-state index in [1.54, 1.807) is 13.2 Å². The van der Waals surface area contributed by atoms with E-state index in [-0.39, 0.29) is 5.69 Å². The number of non-ortho nitro benzene ring substituents is 1. The monoisotopic (exact) mass is 284 g/mol. The Bertz CT molecular complexity index is 793. The Morgan fingerprint density at radius 3 is 2.67 bits per heavy atom. The first-order valence-corrected chi connectivity index (χ1v) is 6.32. The van der Waals surface area contributed by atoms with Crippen molar-refractivity contribution in [2.45, 2.75) is 6.42 Å². The molecule has 0 bridgehead atoms. The highest BCUT2D eigenvalue weighted by molar-refractivity contribution is 5.75. The van der Waals surface area contributed by atoms with Crippen LogP contribution in [-0.2, 0) is 6.42 Å². The second-order valence-electron chi connectivity index (χ2n) is 4.54. The van der Waals surface area contributed by atoms with Gasteiger partial charge in [0.2, 0.25) is 0 Å². The molecule has 2 aromatic carbocycles. The maximum atomic E-state index is 10.7. The molecule has 0 aliphatic heterocycles. The summed E-state index contributed by atoms with van der Waals surface area (Å²) in [7, 11) is 1.61. The summed E-state index contributed by atoms with van der Waals surface area (Å²) in [6.45, 7) is 0. The average molecular weight is 284 g/mol. The van der Waals surface area contributed by atoms with Crippen molar-refractivity contribution in [1.82, 2.24) is 4.98 Å². The van der Waals surface area contributed by atoms with Gasteiger partial charge in [0.25, 0.3) is 5.69 Å². The highest BCUT2D eigenvalue weighted by Crippen LogP contribution is 2.23. The number of ether oxygens (including phenoxy) is 1. The molecule has 0 aliphatic carbocycles. The Kier molecular flexibility index (Phi) is 3.27. The molecule has 0 radical (unpaired) electrons. The molecular formula is C15H12N2O4. The number of nitrogens with zero attached hydrogens (tertiary/aromatic N) is 2. The fourth-order valence-electron chi connectivity index (χ4n) is 2.07. The van der Waals surface area contributed by atoms with Crippen molar-refractivity contribution in [3.05, 3.63) is 64.0 Å². The van der Waals surface area contributed by atoms with Crippen molar-refractivity contribution in [2.75, 3.05) is 7.11 Å². The molecule has 0 saturated carbocycles. The van der Waals surface area contributed by atoms with Crippen molar-refractivity contribution in [3.8, 4) is 5.75 Å². The lowest BCUT2D eigenvalue weighted by molar-refractivity contribution is -0.384. The molecule has 3 rings (SSSR count). The number of nitro groups is 1. The second-order valence-corrected chi connectivity index (χ2v) is 4.54. The number of rotatable bonds is 4. The molecule has 0 atom stereocenters. The number of nitro benzene ring substituents is 1. The second kappa shape index (κ2) is 5.24.